The molecule has 0 saturated heterocycles. The number of rotatable bonds is 2. The van der Waals surface area contributed by atoms with Crippen molar-refractivity contribution >= 4 is 26.7 Å². The van der Waals surface area contributed by atoms with Gasteiger partial charge in [-0.2, -0.15) is 0 Å². The fourth-order valence-electron chi connectivity index (χ4n) is 2.28. The molecule has 3 aromatic rings. The first-order chi connectivity index (χ1) is 10.1. The maximum absolute atomic E-state index is 13.6. The Bertz CT molecular complexity index is 817. The number of nitrogens with zero attached hydrogens (tertiary/aromatic N) is 1. The molecule has 3 rings (SSSR count). The van der Waals surface area contributed by atoms with E-state index in [0.29, 0.717) is 5.56 Å². The van der Waals surface area contributed by atoms with Crippen LogP contribution in [0.15, 0.2) is 53.3 Å². The summed E-state index contributed by atoms with van der Waals surface area (Å²) in [4.78, 5) is 4.09. The van der Waals surface area contributed by atoms with E-state index < -0.39 is 17.7 Å². The van der Waals surface area contributed by atoms with Gasteiger partial charge in [-0.25, -0.2) is 8.78 Å². The second-order valence-corrected chi connectivity index (χ2v) is 5.41. The Morgan fingerprint density at radius 2 is 1.76 bits per heavy atom. The molecule has 0 saturated carbocycles. The zero-order valence-corrected chi connectivity index (χ0v) is 12.3. The summed E-state index contributed by atoms with van der Waals surface area (Å²) in [5, 5.41) is 12.2. The van der Waals surface area contributed by atoms with Crippen molar-refractivity contribution in [1.29, 1.82) is 0 Å². The highest BCUT2D eigenvalue weighted by Gasteiger charge is 2.20. The third-order valence-electron chi connectivity index (χ3n) is 3.35. The normalized spacial score (nSPS) is 12.6. The maximum Gasteiger partial charge on any atom is 0.173 e. The zero-order valence-electron chi connectivity index (χ0n) is 10.7. The molecule has 5 heteroatoms. The highest BCUT2D eigenvalue weighted by Crippen LogP contribution is 2.34. The standard InChI is InChI=1S/C16H10BrF2NO/c17-14-11(5-6-13(18)15(14)19)16(21)12-8-20-7-9-3-1-2-4-10(9)12/h1-8,16,21H. The van der Waals surface area contributed by atoms with Gasteiger partial charge in [-0.1, -0.05) is 30.3 Å². The Kier molecular flexibility index (Phi) is 3.69. The van der Waals surface area contributed by atoms with E-state index in [4.69, 9.17) is 0 Å². The first-order valence-electron chi connectivity index (χ1n) is 6.23. The van der Waals surface area contributed by atoms with Crippen molar-refractivity contribution in [2.24, 2.45) is 0 Å². The Labute approximate surface area is 128 Å². The van der Waals surface area contributed by atoms with Crippen molar-refractivity contribution in [2.45, 2.75) is 6.10 Å². The molecule has 1 unspecified atom stereocenters. The summed E-state index contributed by atoms with van der Waals surface area (Å²) in [7, 11) is 0. The number of hydrogen-bond donors (Lipinski definition) is 1. The lowest BCUT2D eigenvalue weighted by Gasteiger charge is -2.15. The Morgan fingerprint density at radius 1 is 1.00 bits per heavy atom. The van der Waals surface area contributed by atoms with Gasteiger partial charge in [0, 0.05) is 28.9 Å². The van der Waals surface area contributed by atoms with E-state index >= 15 is 0 Å². The zero-order chi connectivity index (χ0) is 15.0. The number of aliphatic hydroxyl groups is 1. The maximum atomic E-state index is 13.6. The number of pyridine rings is 1. The lowest BCUT2D eigenvalue weighted by molar-refractivity contribution is 0.219. The first-order valence-corrected chi connectivity index (χ1v) is 7.03. The molecule has 0 aliphatic rings. The summed E-state index contributed by atoms with van der Waals surface area (Å²) in [6, 6.07) is 9.79. The van der Waals surface area contributed by atoms with Gasteiger partial charge in [0.15, 0.2) is 11.6 Å². The van der Waals surface area contributed by atoms with Crippen molar-refractivity contribution in [1.82, 2.24) is 4.98 Å². The smallest absolute Gasteiger partial charge is 0.173 e. The van der Waals surface area contributed by atoms with Crippen LogP contribution in [0.5, 0.6) is 0 Å². The van der Waals surface area contributed by atoms with Gasteiger partial charge in [-0.15, -0.1) is 0 Å². The number of benzene rings is 2. The summed E-state index contributed by atoms with van der Waals surface area (Å²) in [5.74, 6) is -1.98. The molecule has 0 spiro atoms. The Hall–Kier alpha value is -1.85. The van der Waals surface area contributed by atoms with Crippen molar-refractivity contribution < 1.29 is 13.9 Å². The van der Waals surface area contributed by atoms with Gasteiger partial charge in [0.2, 0.25) is 0 Å². The van der Waals surface area contributed by atoms with Crippen LogP contribution >= 0.6 is 15.9 Å². The van der Waals surface area contributed by atoms with Gasteiger partial charge in [-0.3, -0.25) is 4.98 Å². The second-order valence-electron chi connectivity index (χ2n) is 4.62. The molecule has 106 valence electrons. The van der Waals surface area contributed by atoms with Crippen LogP contribution < -0.4 is 0 Å². The molecule has 1 heterocycles. The lowest BCUT2D eigenvalue weighted by Crippen LogP contribution is -2.04. The van der Waals surface area contributed by atoms with E-state index in [-0.39, 0.29) is 10.0 Å². The molecule has 2 aromatic carbocycles. The van der Waals surface area contributed by atoms with E-state index in [1.807, 2.05) is 24.3 Å². The van der Waals surface area contributed by atoms with Crippen LogP contribution in [-0.2, 0) is 0 Å². The molecule has 1 atom stereocenters. The summed E-state index contributed by atoms with van der Waals surface area (Å²) in [5.41, 5.74) is 0.798. The molecular weight excluding hydrogens is 340 g/mol. The van der Waals surface area contributed by atoms with Gasteiger partial charge in [0.05, 0.1) is 4.47 Å². The van der Waals surface area contributed by atoms with Crippen molar-refractivity contribution in [3.05, 3.63) is 76.0 Å². The minimum absolute atomic E-state index is 0.0806. The van der Waals surface area contributed by atoms with Gasteiger partial charge in [0.1, 0.15) is 6.10 Å². The minimum atomic E-state index is -1.10. The van der Waals surface area contributed by atoms with Crippen LogP contribution in [0.4, 0.5) is 8.78 Å². The second kappa shape index (κ2) is 5.50. The van der Waals surface area contributed by atoms with Gasteiger partial charge < -0.3 is 5.11 Å². The SMILES string of the molecule is OC(c1ccc(F)c(F)c1Br)c1cncc2ccccc12. The summed E-state index contributed by atoms with van der Waals surface area (Å²) in [6.45, 7) is 0. The van der Waals surface area contributed by atoms with Gasteiger partial charge in [0.25, 0.3) is 0 Å². The Balaban J connectivity index is 2.17. The van der Waals surface area contributed by atoms with Crippen LogP contribution in [0.1, 0.15) is 17.2 Å². The monoisotopic (exact) mass is 349 g/mol. The minimum Gasteiger partial charge on any atom is -0.384 e. The van der Waals surface area contributed by atoms with Crippen LogP contribution in [0.25, 0.3) is 10.8 Å². The van der Waals surface area contributed by atoms with Crippen LogP contribution in [-0.4, -0.2) is 10.1 Å². The molecule has 1 aromatic heterocycles. The number of aromatic nitrogens is 1. The van der Waals surface area contributed by atoms with E-state index in [9.17, 15) is 13.9 Å². The quantitative estimate of drug-likeness (QED) is 0.697. The van der Waals surface area contributed by atoms with Crippen molar-refractivity contribution in [3.63, 3.8) is 0 Å². The van der Waals surface area contributed by atoms with E-state index in [0.717, 1.165) is 16.8 Å². The predicted molar refractivity (Wildman–Crippen MR) is 79.9 cm³/mol. The molecule has 1 N–H and O–H groups in total. The van der Waals surface area contributed by atoms with E-state index in [1.54, 1.807) is 6.20 Å². The summed E-state index contributed by atoms with van der Waals surface area (Å²) < 4.78 is 26.7. The molecule has 0 bridgehead atoms. The number of fused-ring (bicyclic) bond motifs is 1. The average molecular weight is 350 g/mol. The first kappa shape index (κ1) is 14.1. The number of aliphatic hydroxyl groups excluding tert-OH is 1. The molecule has 21 heavy (non-hydrogen) atoms. The molecule has 0 fully saturated rings. The largest absolute Gasteiger partial charge is 0.384 e. The third kappa shape index (κ3) is 2.43. The molecular formula is C16H10BrF2NO. The molecule has 0 amide bonds. The molecule has 0 aliphatic heterocycles. The van der Waals surface area contributed by atoms with E-state index in [1.165, 1.54) is 12.3 Å². The van der Waals surface area contributed by atoms with Crippen molar-refractivity contribution in [3.8, 4) is 0 Å². The van der Waals surface area contributed by atoms with Gasteiger partial charge >= 0.3 is 0 Å². The van der Waals surface area contributed by atoms with Crippen LogP contribution in [0.3, 0.4) is 0 Å². The molecule has 2 nitrogen and oxygen atoms in total. The average Bonchev–Trinajstić information content (AvgIpc) is 2.51. The van der Waals surface area contributed by atoms with E-state index in [2.05, 4.69) is 20.9 Å². The predicted octanol–water partition coefficient (Wildman–Crippen LogP) is 4.36. The third-order valence-corrected chi connectivity index (χ3v) is 4.16. The highest BCUT2D eigenvalue weighted by molar-refractivity contribution is 9.10. The van der Waals surface area contributed by atoms with Crippen LogP contribution in [0.2, 0.25) is 0 Å². The summed E-state index contributed by atoms with van der Waals surface area (Å²) in [6.07, 6.45) is 2.11. The topological polar surface area (TPSA) is 33.1 Å². The van der Waals surface area contributed by atoms with Crippen LogP contribution in [0, 0.1) is 11.6 Å². The number of hydrogen-bond acceptors (Lipinski definition) is 2. The summed E-state index contributed by atoms with van der Waals surface area (Å²) >= 11 is 3.00. The molecule has 0 aliphatic carbocycles. The number of halogens is 3. The van der Waals surface area contributed by atoms with Gasteiger partial charge in [-0.05, 0) is 27.4 Å². The fourth-order valence-corrected chi connectivity index (χ4v) is 2.82. The highest BCUT2D eigenvalue weighted by atomic mass is 79.9. The Morgan fingerprint density at radius 3 is 2.57 bits per heavy atom. The molecule has 0 radical (unpaired) electrons. The lowest BCUT2D eigenvalue weighted by atomic mass is 9.98. The van der Waals surface area contributed by atoms with Crippen molar-refractivity contribution in [2.75, 3.05) is 0 Å². The fraction of sp³-hybridized carbons (Fsp3) is 0.0625.